The van der Waals surface area contributed by atoms with Gasteiger partial charge in [0.05, 0.1) is 17.2 Å². The average molecular weight is 223 g/mol. The summed E-state index contributed by atoms with van der Waals surface area (Å²) in [5.74, 6) is 1.43. The van der Waals surface area contributed by atoms with Gasteiger partial charge in [-0.05, 0) is 18.2 Å². The van der Waals surface area contributed by atoms with Crippen LogP contribution in [0.25, 0.3) is 0 Å². The van der Waals surface area contributed by atoms with E-state index in [9.17, 15) is 0 Å². The second-order valence-corrected chi connectivity index (χ2v) is 3.71. The van der Waals surface area contributed by atoms with E-state index >= 15 is 0 Å². The normalized spacial score (nSPS) is 13.4. The van der Waals surface area contributed by atoms with Crippen molar-refractivity contribution in [3.8, 4) is 17.6 Å². The van der Waals surface area contributed by atoms with E-state index in [1.54, 1.807) is 6.07 Å². The Hall–Kier alpha value is -2.47. The summed E-state index contributed by atoms with van der Waals surface area (Å²) in [5, 5.41) is 9.03. The molecule has 0 bridgehead atoms. The molecule has 3 heteroatoms. The molecule has 0 aromatic heterocycles. The van der Waals surface area contributed by atoms with Crippen molar-refractivity contribution in [2.45, 2.75) is 6.29 Å². The lowest BCUT2D eigenvalue weighted by molar-refractivity contribution is 0.0485. The lowest BCUT2D eigenvalue weighted by atomic mass is 10.1. The van der Waals surface area contributed by atoms with Gasteiger partial charge in [0.1, 0.15) is 0 Å². The molecule has 0 radical (unpaired) electrons. The van der Waals surface area contributed by atoms with Crippen LogP contribution in [0.4, 0.5) is 0 Å². The van der Waals surface area contributed by atoms with Crippen molar-refractivity contribution in [2.75, 3.05) is 0 Å². The summed E-state index contributed by atoms with van der Waals surface area (Å²) in [6.07, 6.45) is -0.525. The summed E-state index contributed by atoms with van der Waals surface area (Å²) < 4.78 is 11.3. The zero-order chi connectivity index (χ0) is 11.7. The van der Waals surface area contributed by atoms with Gasteiger partial charge in [-0.25, -0.2) is 0 Å². The fourth-order valence-corrected chi connectivity index (χ4v) is 1.83. The van der Waals surface area contributed by atoms with Crippen molar-refractivity contribution >= 4 is 0 Å². The highest BCUT2D eigenvalue weighted by Gasteiger charge is 2.26. The van der Waals surface area contributed by atoms with E-state index in [4.69, 9.17) is 14.7 Å². The van der Waals surface area contributed by atoms with Crippen LogP contribution in [-0.4, -0.2) is 0 Å². The second-order valence-electron chi connectivity index (χ2n) is 3.71. The third kappa shape index (κ3) is 1.60. The summed E-state index contributed by atoms with van der Waals surface area (Å²) in [7, 11) is 0. The number of ether oxygens (including phenoxy) is 2. The number of hydrogen-bond acceptors (Lipinski definition) is 3. The Balaban J connectivity index is 1.97. The molecule has 0 saturated heterocycles. The summed E-state index contributed by atoms with van der Waals surface area (Å²) >= 11 is 0. The average Bonchev–Trinajstić information content (AvgIpc) is 2.82. The molecular weight excluding hydrogens is 214 g/mol. The third-order valence-electron chi connectivity index (χ3n) is 2.65. The molecule has 1 aliphatic rings. The molecule has 0 saturated carbocycles. The molecule has 2 aromatic rings. The predicted molar refractivity (Wildman–Crippen MR) is 61.6 cm³/mol. The highest BCUT2D eigenvalue weighted by molar-refractivity contribution is 5.45. The van der Waals surface area contributed by atoms with Crippen molar-refractivity contribution in [1.29, 1.82) is 5.26 Å². The summed E-state index contributed by atoms with van der Waals surface area (Å²) in [6, 6.07) is 16.9. The highest BCUT2D eigenvalue weighted by Crippen LogP contribution is 2.40. The van der Waals surface area contributed by atoms with Crippen LogP contribution in [0.1, 0.15) is 17.4 Å². The quantitative estimate of drug-likeness (QED) is 0.746. The number of nitrogens with zero attached hydrogens (tertiary/aromatic N) is 1. The van der Waals surface area contributed by atoms with E-state index in [0.717, 1.165) is 5.56 Å². The van der Waals surface area contributed by atoms with Crippen LogP contribution in [0.5, 0.6) is 11.5 Å². The Bertz CT molecular complexity index is 576. The van der Waals surface area contributed by atoms with E-state index in [2.05, 4.69) is 6.07 Å². The smallest absolute Gasteiger partial charge is 0.269 e. The number of nitriles is 1. The van der Waals surface area contributed by atoms with Gasteiger partial charge in [0, 0.05) is 0 Å². The lowest BCUT2D eigenvalue weighted by Gasteiger charge is -2.11. The molecule has 0 amide bonds. The van der Waals surface area contributed by atoms with E-state index in [1.807, 2.05) is 42.5 Å². The number of rotatable bonds is 1. The molecule has 17 heavy (non-hydrogen) atoms. The summed E-state index contributed by atoms with van der Waals surface area (Å²) in [6.45, 7) is 0. The largest absolute Gasteiger partial charge is 0.447 e. The Labute approximate surface area is 98.8 Å². The molecule has 0 aliphatic carbocycles. The molecule has 0 fully saturated rings. The topological polar surface area (TPSA) is 42.2 Å². The first kappa shape index (κ1) is 9.73. The molecule has 3 rings (SSSR count). The SMILES string of the molecule is N#Cc1ccccc1C1Oc2ccccc2O1. The lowest BCUT2D eigenvalue weighted by Crippen LogP contribution is -2.09. The van der Waals surface area contributed by atoms with Gasteiger partial charge in [-0.15, -0.1) is 0 Å². The summed E-state index contributed by atoms with van der Waals surface area (Å²) in [5.41, 5.74) is 1.33. The van der Waals surface area contributed by atoms with E-state index in [1.165, 1.54) is 0 Å². The monoisotopic (exact) mass is 223 g/mol. The van der Waals surface area contributed by atoms with Gasteiger partial charge in [0.2, 0.25) is 0 Å². The molecule has 0 unspecified atom stereocenters. The van der Waals surface area contributed by atoms with Gasteiger partial charge in [-0.1, -0.05) is 30.3 Å². The van der Waals surface area contributed by atoms with Crippen molar-refractivity contribution in [3.05, 3.63) is 59.7 Å². The first-order valence-corrected chi connectivity index (χ1v) is 5.30. The Morgan fingerprint density at radius 1 is 0.882 bits per heavy atom. The fraction of sp³-hybridized carbons (Fsp3) is 0.0714. The second kappa shape index (κ2) is 3.84. The molecule has 2 aromatic carbocycles. The Kier molecular flexibility index (Phi) is 2.20. The van der Waals surface area contributed by atoms with Crippen LogP contribution in [0.15, 0.2) is 48.5 Å². The van der Waals surface area contributed by atoms with Crippen molar-refractivity contribution in [2.24, 2.45) is 0 Å². The van der Waals surface area contributed by atoms with Crippen LogP contribution >= 0.6 is 0 Å². The van der Waals surface area contributed by atoms with Crippen LogP contribution < -0.4 is 9.47 Å². The summed E-state index contributed by atoms with van der Waals surface area (Å²) in [4.78, 5) is 0. The van der Waals surface area contributed by atoms with Gasteiger partial charge in [-0.2, -0.15) is 5.26 Å². The van der Waals surface area contributed by atoms with Crippen molar-refractivity contribution in [3.63, 3.8) is 0 Å². The van der Waals surface area contributed by atoms with E-state index < -0.39 is 6.29 Å². The molecule has 0 N–H and O–H groups in total. The molecule has 1 aliphatic heterocycles. The number of benzene rings is 2. The zero-order valence-electron chi connectivity index (χ0n) is 8.96. The van der Waals surface area contributed by atoms with Gasteiger partial charge in [0.15, 0.2) is 11.5 Å². The maximum atomic E-state index is 9.03. The van der Waals surface area contributed by atoms with E-state index in [0.29, 0.717) is 17.1 Å². The van der Waals surface area contributed by atoms with Crippen LogP contribution in [0.3, 0.4) is 0 Å². The van der Waals surface area contributed by atoms with Gasteiger partial charge >= 0.3 is 0 Å². The first-order chi connectivity index (χ1) is 8.38. The van der Waals surface area contributed by atoms with Crippen molar-refractivity contribution in [1.82, 2.24) is 0 Å². The molecule has 1 heterocycles. The minimum Gasteiger partial charge on any atom is -0.447 e. The predicted octanol–water partition coefficient (Wildman–Crippen LogP) is 3.03. The maximum absolute atomic E-state index is 9.03. The van der Waals surface area contributed by atoms with Crippen LogP contribution in [-0.2, 0) is 0 Å². The van der Waals surface area contributed by atoms with Crippen LogP contribution in [0, 0.1) is 11.3 Å². The van der Waals surface area contributed by atoms with Gasteiger partial charge in [-0.3, -0.25) is 0 Å². The van der Waals surface area contributed by atoms with Gasteiger partial charge in [0.25, 0.3) is 6.29 Å². The minimum atomic E-state index is -0.525. The Morgan fingerprint density at radius 2 is 1.47 bits per heavy atom. The molecule has 0 spiro atoms. The standard InChI is InChI=1S/C14H9NO2/c15-9-10-5-1-2-6-11(10)14-16-12-7-3-4-8-13(12)17-14/h1-8,14H. The maximum Gasteiger partial charge on any atom is 0.269 e. The van der Waals surface area contributed by atoms with Crippen LogP contribution in [0.2, 0.25) is 0 Å². The van der Waals surface area contributed by atoms with Gasteiger partial charge < -0.3 is 9.47 Å². The molecule has 3 nitrogen and oxygen atoms in total. The third-order valence-corrected chi connectivity index (χ3v) is 2.65. The molecular formula is C14H9NO2. The number of fused-ring (bicyclic) bond motifs is 1. The van der Waals surface area contributed by atoms with Crippen molar-refractivity contribution < 1.29 is 9.47 Å². The minimum absolute atomic E-state index is 0.525. The number of para-hydroxylation sites is 2. The van der Waals surface area contributed by atoms with E-state index in [-0.39, 0.29) is 0 Å². The first-order valence-electron chi connectivity index (χ1n) is 5.30. The highest BCUT2D eigenvalue weighted by atomic mass is 16.7. The zero-order valence-corrected chi connectivity index (χ0v) is 8.96. The molecule has 0 atom stereocenters. The number of hydrogen-bond donors (Lipinski definition) is 0. The fourth-order valence-electron chi connectivity index (χ4n) is 1.83. The molecule has 82 valence electrons. The Morgan fingerprint density at radius 3 is 2.12 bits per heavy atom.